The first-order chi connectivity index (χ1) is 13.3. The Morgan fingerprint density at radius 1 is 0.889 bits per heavy atom. The van der Waals surface area contributed by atoms with Gasteiger partial charge >= 0.3 is 0 Å². The molecule has 0 N–H and O–H groups in total. The number of nitrogens with zero attached hydrogens (tertiary/aromatic N) is 3. The third-order valence-electron chi connectivity index (χ3n) is 5.84. The van der Waals surface area contributed by atoms with Crippen LogP contribution in [0.1, 0.15) is 26.7 Å². The highest BCUT2D eigenvalue weighted by atomic mass is 32.2. The highest BCUT2D eigenvalue weighted by Gasteiger charge is 2.27. The molecule has 0 bridgehead atoms. The Kier molecular flexibility index (Phi) is 6.06. The van der Waals surface area contributed by atoms with Gasteiger partial charge in [0.15, 0.2) is 0 Å². The molecule has 27 heavy (non-hydrogen) atoms. The van der Waals surface area contributed by atoms with Crippen molar-refractivity contribution in [1.82, 2.24) is 9.80 Å². The summed E-state index contributed by atoms with van der Waals surface area (Å²) in [6, 6.07) is 18.2. The van der Waals surface area contributed by atoms with Crippen LogP contribution in [0.5, 0.6) is 0 Å². The summed E-state index contributed by atoms with van der Waals surface area (Å²) in [7, 11) is 0. The van der Waals surface area contributed by atoms with Crippen molar-refractivity contribution >= 4 is 23.1 Å². The Balaban J connectivity index is 1.46. The lowest BCUT2D eigenvalue weighted by Crippen LogP contribution is -2.52. The number of fused-ring (bicyclic) bond motifs is 2. The topological polar surface area (TPSA) is 9.72 Å². The van der Waals surface area contributed by atoms with Crippen molar-refractivity contribution < 1.29 is 0 Å². The number of benzene rings is 2. The monoisotopic (exact) mass is 381 g/mol. The number of rotatable bonds is 6. The van der Waals surface area contributed by atoms with E-state index in [4.69, 9.17) is 0 Å². The minimum atomic E-state index is 0.544. The van der Waals surface area contributed by atoms with Gasteiger partial charge in [0.05, 0.1) is 11.4 Å². The fourth-order valence-electron chi connectivity index (χ4n) is 4.17. The molecule has 0 aliphatic carbocycles. The van der Waals surface area contributed by atoms with E-state index in [9.17, 15) is 0 Å². The molecule has 144 valence electrons. The number of hydrogen-bond acceptors (Lipinski definition) is 4. The molecule has 2 aromatic rings. The Hall–Kier alpha value is -1.49. The first-order valence-electron chi connectivity index (χ1n) is 10.4. The smallest absolute Gasteiger partial charge is 0.0553 e. The van der Waals surface area contributed by atoms with Gasteiger partial charge in [-0.15, -0.1) is 0 Å². The Bertz CT molecular complexity index is 709. The summed E-state index contributed by atoms with van der Waals surface area (Å²) in [5, 5.41) is 0. The van der Waals surface area contributed by atoms with Crippen molar-refractivity contribution in [3.63, 3.8) is 0 Å². The molecule has 2 aromatic carbocycles. The van der Waals surface area contributed by atoms with E-state index in [1.165, 1.54) is 66.7 Å². The lowest BCUT2D eigenvalue weighted by atomic mass is 10.1. The lowest BCUT2D eigenvalue weighted by Gasteiger charge is -2.41. The quantitative estimate of drug-likeness (QED) is 0.689. The third kappa shape index (κ3) is 4.18. The summed E-state index contributed by atoms with van der Waals surface area (Å²) in [5.41, 5.74) is 2.71. The second-order valence-electron chi connectivity index (χ2n) is 7.73. The van der Waals surface area contributed by atoms with Crippen LogP contribution in [0.2, 0.25) is 0 Å². The van der Waals surface area contributed by atoms with E-state index < -0.39 is 0 Å². The van der Waals surface area contributed by atoms with Crippen LogP contribution in [0.4, 0.5) is 11.4 Å². The van der Waals surface area contributed by atoms with Gasteiger partial charge in [0.1, 0.15) is 0 Å². The minimum absolute atomic E-state index is 0.544. The van der Waals surface area contributed by atoms with Gasteiger partial charge in [-0.1, -0.05) is 49.4 Å². The van der Waals surface area contributed by atoms with E-state index in [0.29, 0.717) is 6.04 Å². The van der Waals surface area contributed by atoms with Crippen LogP contribution in [0, 0.1) is 0 Å². The van der Waals surface area contributed by atoms with Crippen LogP contribution < -0.4 is 4.90 Å². The van der Waals surface area contributed by atoms with Crippen molar-refractivity contribution in [2.24, 2.45) is 0 Å². The van der Waals surface area contributed by atoms with Gasteiger partial charge in [-0.3, -0.25) is 4.90 Å². The van der Waals surface area contributed by atoms with E-state index in [-0.39, 0.29) is 0 Å². The van der Waals surface area contributed by atoms with Crippen LogP contribution >= 0.6 is 11.8 Å². The van der Waals surface area contributed by atoms with Crippen molar-refractivity contribution in [2.45, 2.75) is 42.5 Å². The lowest BCUT2D eigenvalue weighted by molar-refractivity contribution is 0.104. The SMILES string of the molecule is CCCCN1CCN(C(C)CN2c3ccccc3Sc3ccccc32)CC1. The largest absolute Gasteiger partial charge is 0.338 e. The zero-order chi connectivity index (χ0) is 18.6. The van der Waals surface area contributed by atoms with Gasteiger partial charge in [-0.25, -0.2) is 0 Å². The molecular formula is C23H31N3S. The summed E-state index contributed by atoms with van der Waals surface area (Å²) in [6.07, 6.45) is 2.62. The zero-order valence-corrected chi connectivity index (χ0v) is 17.4. The van der Waals surface area contributed by atoms with Crippen molar-refractivity contribution in [2.75, 3.05) is 44.2 Å². The molecule has 1 fully saturated rings. The fraction of sp³-hybridized carbons (Fsp3) is 0.478. The number of para-hydroxylation sites is 2. The second-order valence-corrected chi connectivity index (χ2v) is 8.81. The first kappa shape index (κ1) is 18.9. The maximum atomic E-state index is 2.68. The van der Waals surface area contributed by atoms with Crippen LogP contribution in [0.25, 0.3) is 0 Å². The third-order valence-corrected chi connectivity index (χ3v) is 6.97. The van der Waals surface area contributed by atoms with Crippen LogP contribution in [0.15, 0.2) is 58.3 Å². The van der Waals surface area contributed by atoms with Crippen molar-refractivity contribution in [3.8, 4) is 0 Å². The summed E-state index contributed by atoms with van der Waals surface area (Å²) < 4.78 is 0. The number of unbranched alkanes of at least 4 members (excludes halogenated alkanes) is 1. The molecule has 3 nitrogen and oxygen atoms in total. The Morgan fingerprint density at radius 2 is 1.48 bits per heavy atom. The minimum Gasteiger partial charge on any atom is -0.338 e. The number of piperazine rings is 1. The molecular weight excluding hydrogens is 350 g/mol. The predicted molar refractivity (Wildman–Crippen MR) is 116 cm³/mol. The maximum absolute atomic E-state index is 2.68. The molecule has 2 aliphatic heterocycles. The van der Waals surface area contributed by atoms with Gasteiger partial charge in [0.25, 0.3) is 0 Å². The van der Waals surface area contributed by atoms with E-state index >= 15 is 0 Å². The van der Waals surface area contributed by atoms with Crippen molar-refractivity contribution in [1.29, 1.82) is 0 Å². The fourth-order valence-corrected chi connectivity index (χ4v) is 5.26. The van der Waals surface area contributed by atoms with Gasteiger partial charge in [0.2, 0.25) is 0 Å². The molecule has 2 aliphatic rings. The normalized spacial score (nSPS) is 18.8. The predicted octanol–water partition coefficient (Wildman–Crippen LogP) is 5.10. The average Bonchev–Trinajstić information content (AvgIpc) is 2.72. The highest BCUT2D eigenvalue weighted by Crippen LogP contribution is 2.47. The van der Waals surface area contributed by atoms with E-state index in [0.717, 1.165) is 6.54 Å². The van der Waals surface area contributed by atoms with Crippen LogP contribution in [0.3, 0.4) is 0 Å². The molecule has 0 aromatic heterocycles. The molecule has 4 heteroatoms. The van der Waals surface area contributed by atoms with E-state index in [1.807, 2.05) is 11.8 Å². The summed E-state index contributed by atoms with van der Waals surface area (Å²) >= 11 is 1.89. The van der Waals surface area contributed by atoms with Crippen LogP contribution in [-0.4, -0.2) is 55.1 Å². The summed E-state index contributed by atoms with van der Waals surface area (Å²) in [4.78, 5) is 10.6. The molecule has 1 atom stereocenters. The van der Waals surface area contributed by atoms with Crippen molar-refractivity contribution in [3.05, 3.63) is 48.5 Å². The second kappa shape index (κ2) is 8.68. The molecule has 0 radical (unpaired) electrons. The summed E-state index contributed by atoms with van der Waals surface area (Å²) in [6.45, 7) is 11.8. The Morgan fingerprint density at radius 3 is 2.07 bits per heavy atom. The average molecular weight is 382 g/mol. The standard InChI is InChI=1S/C23H31N3S/c1-3-4-13-24-14-16-25(17-15-24)19(2)18-26-20-9-5-7-11-22(20)27-23-12-8-6-10-21(23)26/h5-12,19H,3-4,13-18H2,1-2H3. The highest BCUT2D eigenvalue weighted by molar-refractivity contribution is 7.99. The van der Waals surface area contributed by atoms with Crippen LogP contribution in [-0.2, 0) is 0 Å². The van der Waals surface area contributed by atoms with E-state index in [2.05, 4.69) is 77.1 Å². The molecule has 1 unspecified atom stereocenters. The molecule has 0 amide bonds. The molecule has 2 heterocycles. The first-order valence-corrected chi connectivity index (χ1v) is 11.2. The number of anilines is 2. The zero-order valence-electron chi connectivity index (χ0n) is 16.6. The number of hydrogen-bond donors (Lipinski definition) is 0. The van der Waals surface area contributed by atoms with Gasteiger partial charge in [-0.2, -0.15) is 0 Å². The molecule has 0 saturated carbocycles. The molecule has 0 spiro atoms. The van der Waals surface area contributed by atoms with E-state index in [1.54, 1.807) is 0 Å². The van der Waals surface area contributed by atoms with Gasteiger partial charge in [-0.05, 0) is 44.2 Å². The van der Waals surface area contributed by atoms with Gasteiger partial charge in [0, 0.05) is 48.6 Å². The molecule has 1 saturated heterocycles. The molecule has 4 rings (SSSR count). The van der Waals surface area contributed by atoms with Gasteiger partial charge < -0.3 is 9.80 Å². The maximum Gasteiger partial charge on any atom is 0.0553 e. The summed E-state index contributed by atoms with van der Waals surface area (Å²) in [5.74, 6) is 0. The Labute approximate surface area is 168 Å².